The number of aliphatic hydroxyl groups is 2. The lowest BCUT2D eigenvalue weighted by molar-refractivity contribution is -0.163. The summed E-state index contributed by atoms with van der Waals surface area (Å²) < 4.78 is 20.7. The third-order valence-electron chi connectivity index (χ3n) is 8.82. The predicted molar refractivity (Wildman–Crippen MR) is 103 cm³/mol. The summed E-state index contributed by atoms with van der Waals surface area (Å²) in [6.45, 7) is 5.54. The van der Waals surface area contributed by atoms with Crippen molar-refractivity contribution in [3.05, 3.63) is 11.6 Å². The number of halogens is 1. The third kappa shape index (κ3) is 2.47. The maximum absolute atomic E-state index is 15.0. The lowest BCUT2D eigenvalue weighted by atomic mass is 9.46. The van der Waals surface area contributed by atoms with Crippen LogP contribution < -0.4 is 0 Å². The van der Waals surface area contributed by atoms with E-state index in [0.717, 1.165) is 25.7 Å². The lowest BCUT2D eigenvalue weighted by Crippen LogP contribution is -2.59. The molecular formula is C23H31FO4. The van der Waals surface area contributed by atoms with Crippen LogP contribution in [0.25, 0.3) is 0 Å². The van der Waals surface area contributed by atoms with Crippen LogP contribution >= 0.6 is 0 Å². The van der Waals surface area contributed by atoms with Gasteiger partial charge in [-0.15, -0.1) is 6.42 Å². The number of ether oxygens (including phenoxy) is 1. The number of terminal acetylenes is 1. The number of carbonyl (C=O) groups is 1. The summed E-state index contributed by atoms with van der Waals surface area (Å²) in [5.74, 6) is 2.50. The molecule has 0 radical (unpaired) electrons. The third-order valence-corrected chi connectivity index (χ3v) is 8.82. The molecule has 4 aliphatic carbocycles. The Morgan fingerprint density at radius 3 is 2.57 bits per heavy atom. The van der Waals surface area contributed by atoms with Gasteiger partial charge in [-0.05, 0) is 67.4 Å². The van der Waals surface area contributed by atoms with Crippen molar-refractivity contribution in [2.24, 2.45) is 28.6 Å². The molecule has 28 heavy (non-hydrogen) atoms. The fourth-order valence-corrected chi connectivity index (χ4v) is 7.19. The van der Waals surface area contributed by atoms with Crippen molar-refractivity contribution in [3.63, 3.8) is 0 Å². The van der Waals surface area contributed by atoms with Crippen molar-refractivity contribution in [2.75, 3.05) is 0 Å². The number of fused-ring (bicyclic) bond motifs is 5. The van der Waals surface area contributed by atoms with E-state index in [-0.39, 0.29) is 23.2 Å². The molecule has 0 aromatic rings. The van der Waals surface area contributed by atoms with Crippen LogP contribution in [0.5, 0.6) is 0 Å². The van der Waals surface area contributed by atoms with Crippen molar-refractivity contribution in [2.45, 2.75) is 83.3 Å². The molecule has 154 valence electrons. The Hall–Kier alpha value is -1.38. The minimum absolute atomic E-state index is 0.00113. The van der Waals surface area contributed by atoms with Crippen LogP contribution in [0.3, 0.4) is 0 Å². The molecule has 4 rings (SSSR count). The molecule has 4 unspecified atom stereocenters. The highest BCUT2D eigenvalue weighted by molar-refractivity contribution is 5.66. The standard InChI is InChI=1S/C23H31FO4/c1-5-23(27)11-7-15-19-14(6-10-22(15,23)4)21(3)9-8-17(26)20(24)16(21)12-18(19)28-13(2)25/h1,12,14-15,17-20,26-27H,6-11H2,2-4H3/t14-,15+,17?,18?,19-,20?,21-,22+,23?/m1/s1. The second-order valence-electron chi connectivity index (χ2n) is 9.91. The SMILES string of the molecule is C#CC1(O)CC[C@H]2[C@@H]3C(OC(C)=O)C=C4C(F)C(O)CC[C@]4(C)[C@@H]3CC[C@@]21C. The highest BCUT2D eigenvalue weighted by Crippen LogP contribution is 2.67. The number of aliphatic hydroxyl groups excluding tert-OH is 1. The lowest BCUT2D eigenvalue weighted by Gasteiger charge is -2.60. The Labute approximate surface area is 166 Å². The molecule has 3 fully saturated rings. The number of carbonyl (C=O) groups excluding carboxylic acids is 1. The first-order valence-corrected chi connectivity index (χ1v) is 10.5. The van der Waals surface area contributed by atoms with Gasteiger partial charge in [0.2, 0.25) is 0 Å². The van der Waals surface area contributed by atoms with Gasteiger partial charge in [0.15, 0.2) is 0 Å². The van der Waals surface area contributed by atoms with E-state index in [1.807, 2.05) is 0 Å². The van der Waals surface area contributed by atoms with Gasteiger partial charge < -0.3 is 14.9 Å². The first-order chi connectivity index (χ1) is 13.1. The van der Waals surface area contributed by atoms with Crippen molar-refractivity contribution in [1.29, 1.82) is 0 Å². The summed E-state index contributed by atoms with van der Waals surface area (Å²) in [5, 5.41) is 21.2. The van der Waals surface area contributed by atoms with E-state index < -0.39 is 35.4 Å². The second-order valence-corrected chi connectivity index (χ2v) is 9.91. The second kappa shape index (κ2) is 6.31. The van der Waals surface area contributed by atoms with E-state index in [1.54, 1.807) is 6.08 Å². The van der Waals surface area contributed by atoms with Gasteiger partial charge in [-0.25, -0.2) is 4.39 Å². The van der Waals surface area contributed by atoms with E-state index in [1.165, 1.54) is 6.92 Å². The fourth-order valence-electron chi connectivity index (χ4n) is 7.19. The van der Waals surface area contributed by atoms with Crippen LogP contribution in [0.4, 0.5) is 4.39 Å². The normalized spacial score (nSPS) is 52.5. The number of hydrogen-bond acceptors (Lipinski definition) is 4. The van der Waals surface area contributed by atoms with Gasteiger partial charge >= 0.3 is 5.97 Å². The monoisotopic (exact) mass is 390 g/mol. The number of esters is 1. The first-order valence-electron chi connectivity index (χ1n) is 10.5. The number of hydrogen-bond donors (Lipinski definition) is 2. The van der Waals surface area contributed by atoms with Crippen molar-refractivity contribution in [3.8, 4) is 12.3 Å². The molecule has 5 heteroatoms. The minimum atomic E-state index is -1.42. The Balaban J connectivity index is 1.81. The molecule has 4 aliphatic rings. The zero-order valence-corrected chi connectivity index (χ0v) is 17.0. The quantitative estimate of drug-likeness (QED) is 0.410. The Kier molecular flexibility index (Phi) is 4.49. The first kappa shape index (κ1) is 19.9. The predicted octanol–water partition coefficient (Wildman–Crippen LogP) is 3.16. The molecule has 9 atom stereocenters. The van der Waals surface area contributed by atoms with Gasteiger partial charge in [-0.2, -0.15) is 0 Å². The molecule has 3 saturated carbocycles. The molecule has 0 aromatic heterocycles. The summed E-state index contributed by atoms with van der Waals surface area (Å²) in [6, 6.07) is 0. The summed E-state index contributed by atoms with van der Waals surface area (Å²) in [6.07, 6.45) is 8.59. The molecular weight excluding hydrogens is 359 g/mol. The molecule has 0 aliphatic heterocycles. The molecule has 0 saturated heterocycles. The Morgan fingerprint density at radius 2 is 1.93 bits per heavy atom. The van der Waals surface area contributed by atoms with Crippen LogP contribution in [-0.4, -0.2) is 40.2 Å². The number of alkyl halides is 1. The van der Waals surface area contributed by atoms with E-state index >= 15 is 4.39 Å². The van der Waals surface area contributed by atoms with E-state index in [9.17, 15) is 15.0 Å². The van der Waals surface area contributed by atoms with Crippen LogP contribution in [0, 0.1) is 40.9 Å². The number of rotatable bonds is 1. The van der Waals surface area contributed by atoms with Crippen LogP contribution in [0.15, 0.2) is 11.6 Å². The highest BCUT2D eigenvalue weighted by atomic mass is 19.1. The van der Waals surface area contributed by atoms with Crippen LogP contribution in [0.1, 0.15) is 59.3 Å². The van der Waals surface area contributed by atoms with Gasteiger partial charge in [0.1, 0.15) is 17.9 Å². The summed E-state index contributed by atoms with van der Waals surface area (Å²) >= 11 is 0. The van der Waals surface area contributed by atoms with Gasteiger partial charge in [-0.3, -0.25) is 4.79 Å². The molecule has 0 spiro atoms. The molecule has 0 bridgehead atoms. The van der Waals surface area contributed by atoms with Gasteiger partial charge in [0.25, 0.3) is 0 Å². The summed E-state index contributed by atoms with van der Waals surface area (Å²) in [7, 11) is 0. The summed E-state index contributed by atoms with van der Waals surface area (Å²) in [5.41, 5.74) is -1.36. The fraction of sp³-hybridized carbons (Fsp3) is 0.783. The minimum Gasteiger partial charge on any atom is -0.458 e. The topological polar surface area (TPSA) is 66.8 Å². The van der Waals surface area contributed by atoms with Crippen molar-refractivity contribution >= 4 is 5.97 Å². The molecule has 2 N–H and O–H groups in total. The maximum Gasteiger partial charge on any atom is 0.303 e. The van der Waals surface area contributed by atoms with Gasteiger partial charge in [0.05, 0.1) is 6.10 Å². The molecule has 4 nitrogen and oxygen atoms in total. The summed E-state index contributed by atoms with van der Waals surface area (Å²) in [4.78, 5) is 11.9. The van der Waals surface area contributed by atoms with Crippen LogP contribution in [-0.2, 0) is 9.53 Å². The average Bonchev–Trinajstić information content (AvgIpc) is 2.91. The maximum atomic E-state index is 15.0. The van der Waals surface area contributed by atoms with E-state index in [0.29, 0.717) is 18.4 Å². The van der Waals surface area contributed by atoms with Gasteiger partial charge in [0, 0.05) is 18.3 Å². The zero-order chi connectivity index (χ0) is 20.5. The highest BCUT2D eigenvalue weighted by Gasteiger charge is 2.66. The molecule has 0 aromatic carbocycles. The smallest absolute Gasteiger partial charge is 0.303 e. The van der Waals surface area contributed by atoms with Crippen LogP contribution in [0.2, 0.25) is 0 Å². The average molecular weight is 390 g/mol. The molecule has 0 heterocycles. The largest absolute Gasteiger partial charge is 0.458 e. The van der Waals surface area contributed by atoms with E-state index in [2.05, 4.69) is 19.8 Å². The van der Waals surface area contributed by atoms with Crippen molar-refractivity contribution in [1.82, 2.24) is 0 Å². The Bertz CT molecular complexity index is 756. The van der Waals surface area contributed by atoms with Crippen molar-refractivity contribution < 1.29 is 24.1 Å². The molecule has 0 amide bonds. The van der Waals surface area contributed by atoms with E-state index in [4.69, 9.17) is 11.2 Å². The Morgan fingerprint density at radius 1 is 1.25 bits per heavy atom. The zero-order valence-electron chi connectivity index (χ0n) is 17.0. The van der Waals surface area contributed by atoms with Gasteiger partial charge in [-0.1, -0.05) is 19.8 Å².